The van der Waals surface area contributed by atoms with Crippen molar-refractivity contribution in [3.8, 4) is 0 Å². The maximum atomic E-state index is 11.0. The molecule has 4 heteroatoms. The van der Waals surface area contributed by atoms with Crippen LogP contribution < -0.4 is 5.32 Å². The lowest BCUT2D eigenvalue weighted by Gasteiger charge is -2.16. The lowest BCUT2D eigenvalue weighted by Crippen LogP contribution is -2.41. The van der Waals surface area contributed by atoms with Crippen LogP contribution in [0, 0.1) is 0 Å². The molecule has 0 radical (unpaired) electrons. The Bertz CT molecular complexity index is 141. The molecule has 0 aliphatic rings. The number of carbonyl (C=O) groups is 1. The number of ether oxygens (including phenoxy) is 1. The van der Waals surface area contributed by atoms with Crippen LogP contribution in [0.25, 0.3) is 0 Å². The summed E-state index contributed by atoms with van der Waals surface area (Å²) in [5.74, 6) is 0.796. The van der Waals surface area contributed by atoms with Crippen molar-refractivity contribution in [2.45, 2.75) is 25.9 Å². The Kier molecular flexibility index (Phi) is 6.20. The summed E-state index contributed by atoms with van der Waals surface area (Å²) in [4.78, 5) is 11.0. The number of carbonyl (C=O) groups excluding carboxylic acids is 1. The molecule has 0 aromatic carbocycles. The smallest absolute Gasteiger partial charge is 0.322 e. The first kappa shape index (κ1) is 11.8. The number of nitrogens with one attached hydrogen (secondary N) is 1. The van der Waals surface area contributed by atoms with Gasteiger partial charge in [-0.15, -0.1) is 0 Å². The first-order valence-electron chi connectivity index (χ1n) is 3.94. The highest BCUT2D eigenvalue weighted by Crippen LogP contribution is 1.98. The summed E-state index contributed by atoms with van der Waals surface area (Å²) in [6, 6.07) is 0.131. The van der Waals surface area contributed by atoms with Crippen LogP contribution in [0.1, 0.15) is 13.8 Å². The summed E-state index contributed by atoms with van der Waals surface area (Å²) in [5.41, 5.74) is 0. The van der Waals surface area contributed by atoms with Crippen LogP contribution in [0.2, 0.25) is 0 Å². The van der Waals surface area contributed by atoms with Crippen LogP contribution in [-0.4, -0.2) is 37.2 Å². The Morgan fingerprint density at radius 1 is 1.58 bits per heavy atom. The molecular formula is C8H17NO2S. The molecule has 0 rings (SSSR count). The first-order valence-corrected chi connectivity index (χ1v) is 5.34. The lowest BCUT2D eigenvalue weighted by molar-refractivity contribution is -0.142. The average molecular weight is 191 g/mol. The van der Waals surface area contributed by atoms with Crippen molar-refractivity contribution in [3.63, 3.8) is 0 Å². The van der Waals surface area contributed by atoms with Crippen LogP contribution in [0.3, 0.4) is 0 Å². The second-order valence-electron chi connectivity index (χ2n) is 2.77. The molecule has 0 aliphatic heterocycles. The summed E-state index contributed by atoms with van der Waals surface area (Å²) in [7, 11) is 1.40. The summed E-state index contributed by atoms with van der Waals surface area (Å²) in [6.45, 7) is 3.86. The molecule has 1 N–H and O–H groups in total. The molecule has 0 aromatic heterocycles. The van der Waals surface area contributed by atoms with Crippen LogP contribution in [0.15, 0.2) is 0 Å². The van der Waals surface area contributed by atoms with Gasteiger partial charge in [0.1, 0.15) is 6.04 Å². The van der Waals surface area contributed by atoms with Crippen molar-refractivity contribution in [2.75, 3.05) is 19.1 Å². The lowest BCUT2D eigenvalue weighted by atomic mass is 10.3. The van der Waals surface area contributed by atoms with E-state index in [1.54, 1.807) is 11.8 Å². The molecule has 2 atom stereocenters. The van der Waals surface area contributed by atoms with Gasteiger partial charge in [-0.3, -0.25) is 4.79 Å². The standard InChI is InChI=1S/C8H17NO2S/c1-6(5-12-4)9-7(2)8(10)11-3/h6-7,9H,5H2,1-4H3. The van der Waals surface area contributed by atoms with E-state index in [-0.39, 0.29) is 12.0 Å². The summed E-state index contributed by atoms with van der Waals surface area (Å²) in [6.07, 6.45) is 2.04. The van der Waals surface area contributed by atoms with Crippen molar-refractivity contribution in [2.24, 2.45) is 0 Å². The molecule has 2 unspecified atom stereocenters. The highest BCUT2D eigenvalue weighted by atomic mass is 32.2. The van der Waals surface area contributed by atoms with Gasteiger partial charge in [0.15, 0.2) is 0 Å². The fourth-order valence-corrected chi connectivity index (χ4v) is 1.57. The van der Waals surface area contributed by atoms with E-state index in [4.69, 9.17) is 0 Å². The van der Waals surface area contributed by atoms with E-state index < -0.39 is 0 Å². The number of hydrogen-bond acceptors (Lipinski definition) is 4. The summed E-state index contributed by atoms with van der Waals surface area (Å²) in [5, 5.41) is 3.14. The van der Waals surface area contributed by atoms with Gasteiger partial charge in [-0.2, -0.15) is 11.8 Å². The molecule has 12 heavy (non-hydrogen) atoms. The fourth-order valence-electron chi connectivity index (χ4n) is 0.970. The summed E-state index contributed by atoms with van der Waals surface area (Å²) >= 11 is 1.76. The first-order chi connectivity index (χ1) is 5.61. The predicted octanol–water partition coefficient (Wildman–Crippen LogP) is 0.889. The Morgan fingerprint density at radius 2 is 2.17 bits per heavy atom. The molecular weight excluding hydrogens is 174 g/mol. The van der Waals surface area contributed by atoms with Gasteiger partial charge in [0, 0.05) is 11.8 Å². The van der Waals surface area contributed by atoms with E-state index in [0.29, 0.717) is 6.04 Å². The van der Waals surface area contributed by atoms with Gasteiger partial charge in [0.2, 0.25) is 0 Å². The average Bonchev–Trinajstić information content (AvgIpc) is 2.03. The van der Waals surface area contributed by atoms with Crippen LogP contribution in [-0.2, 0) is 9.53 Å². The third kappa shape index (κ3) is 4.62. The zero-order valence-corrected chi connectivity index (χ0v) is 8.90. The van der Waals surface area contributed by atoms with Gasteiger partial charge in [0.25, 0.3) is 0 Å². The van der Waals surface area contributed by atoms with Gasteiger partial charge >= 0.3 is 5.97 Å². The fraction of sp³-hybridized carbons (Fsp3) is 0.875. The number of hydrogen-bond donors (Lipinski definition) is 1. The molecule has 3 nitrogen and oxygen atoms in total. The molecule has 0 amide bonds. The molecule has 72 valence electrons. The number of esters is 1. The van der Waals surface area contributed by atoms with Crippen molar-refractivity contribution in [1.29, 1.82) is 0 Å². The Morgan fingerprint density at radius 3 is 2.58 bits per heavy atom. The normalized spacial score (nSPS) is 15.3. The third-order valence-electron chi connectivity index (χ3n) is 1.51. The topological polar surface area (TPSA) is 38.3 Å². The molecule has 0 saturated carbocycles. The zero-order valence-electron chi connectivity index (χ0n) is 8.09. The second kappa shape index (κ2) is 6.31. The van der Waals surface area contributed by atoms with Crippen molar-refractivity contribution in [3.05, 3.63) is 0 Å². The molecule has 0 saturated heterocycles. The monoisotopic (exact) mass is 191 g/mol. The molecule has 0 heterocycles. The molecule has 0 aromatic rings. The molecule has 0 aliphatic carbocycles. The minimum atomic E-state index is -0.211. The quantitative estimate of drug-likeness (QED) is 0.655. The minimum Gasteiger partial charge on any atom is -0.468 e. The van der Waals surface area contributed by atoms with Crippen LogP contribution in [0.4, 0.5) is 0 Å². The van der Waals surface area contributed by atoms with Crippen LogP contribution >= 0.6 is 11.8 Å². The van der Waals surface area contributed by atoms with Crippen molar-refractivity contribution >= 4 is 17.7 Å². The van der Waals surface area contributed by atoms with E-state index in [0.717, 1.165) is 5.75 Å². The number of rotatable bonds is 5. The van der Waals surface area contributed by atoms with E-state index in [2.05, 4.69) is 17.0 Å². The maximum absolute atomic E-state index is 11.0. The zero-order chi connectivity index (χ0) is 9.56. The van der Waals surface area contributed by atoms with Gasteiger partial charge in [0.05, 0.1) is 7.11 Å². The van der Waals surface area contributed by atoms with E-state index in [1.165, 1.54) is 7.11 Å². The second-order valence-corrected chi connectivity index (χ2v) is 3.68. The molecule has 0 spiro atoms. The molecule has 0 bridgehead atoms. The highest BCUT2D eigenvalue weighted by Gasteiger charge is 2.14. The largest absolute Gasteiger partial charge is 0.468 e. The van der Waals surface area contributed by atoms with Crippen molar-refractivity contribution in [1.82, 2.24) is 5.32 Å². The predicted molar refractivity (Wildman–Crippen MR) is 52.5 cm³/mol. The Hall–Kier alpha value is -0.220. The summed E-state index contributed by atoms with van der Waals surface area (Å²) < 4.78 is 4.58. The number of thioether (sulfide) groups is 1. The van der Waals surface area contributed by atoms with Crippen LogP contribution in [0.5, 0.6) is 0 Å². The van der Waals surface area contributed by atoms with E-state index >= 15 is 0 Å². The molecule has 0 fully saturated rings. The Labute approximate surface area is 78.2 Å². The highest BCUT2D eigenvalue weighted by molar-refractivity contribution is 7.98. The van der Waals surface area contributed by atoms with Crippen molar-refractivity contribution < 1.29 is 9.53 Å². The van der Waals surface area contributed by atoms with E-state index in [1.807, 2.05) is 13.2 Å². The maximum Gasteiger partial charge on any atom is 0.322 e. The number of methoxy groups -OCH3 is 1. The van der Waals surface area contributed by atoms with Gasteiger partial charge in [-0.25, -0.2) is 0 Å². The Balaban J connectivity index is 3.67. The third-order valence-corrected chi connectivity index (χ3v) is 2.34. The van der Waals surface area contributed by atoms with Gasteiger partial charge in [-0.1, -0.05) is 0 Å². The minimum absolute atomic E-state index is 0.206. The van der Waals surface area contributed by atoms with Gasteiger partial charge < -0.3 is 10.1 Å². The van der Waals surface area contributed by atoms with E-state index in [9.17, 15) is 4.79 Å². The van der Waals surface area contributed by atoms with Gasteiger partial charge in [-0.05, 0) is 20.1 Å². The SMILES string of the molecule is COC(=O)C(C)NC(C)CSC.